The van der Waals surface area contributed by atoms with Crippen molar-refractivity contribution in [2.45, 2.75) is 25.5 Å². The fraction of sp³-hybridized carbons (Fsp3) is 0.435. The Kier molecular flexibility index (Phi) is 6.20. The van der Waals surface area contributed by atoms with E-state index in [1.807, 2.05) is 34.5 Å². The number of rotatable bonds is 6. The van der Waals surface area contributed by atoms with Gasteiger partial charge in [0, 0.05) is 62.5 Å². The second kappa shape index (κ2) is 9.40. The third-order valence-corrected chi connectivity index (χ3v) is 6.72. The fourth-order valence-corrected chi connectivity index (χ4v) is 4.89. The van der Waals surface area contributed by atoms with E-state index in [0.717, 1.165) is 44.0 Å². The number of nitrogens with zero attached hydrogens (tertiary/aromatic N) is 4. The molecule has 168 valence electrons. The molecule has 1 amide bonds. The van der Waals surface area contributed by atoms with Crippen LogP contribution in [0.4, 0.5) is 0 Å². The van der Waals surface area contributed by atoms with Crippen LogP contribution in [-0.4, -0.2) is 70.6 Å². The zero-order valence-electron chi connectivity index (χ0n) is 17.8. The monoisotopic (exact) mass is 454 g/mol. The van der Waals surface area contributed by atoms with Gasteiger partial charge >= 0.3 is 0 Å². The van der Waals surface area contributed by atoms with Crippen LogP contribution in [0, 0.1) is 0 Å². The molecule has 32 heavy (non-hydrogen) atoms. The quantitative estimate of drug-likeness (QED) is 0.569. The molecule has 8 nitrogen and oxygen atoms in total. The van der Waals surface area contributed by atoms with E-state index in [1.54, 1.807) is 16.7 Å². The van der Waals surface area contributed by atoms with Gasteiger partial charge in [-0.15, -0.1) is 11.3 Å². The number of ether oxygens (including phenoxy) is 2. The van der Waals surface area contributed by atoms with E-state index in [1.165, 1.54) is 11.3 Å². The lowest BCUT2D eigenvalue weighted by molar-refractivity contribution is 0.0625. The summed E-state index contributed by atoms with van der Waals surface area (Å²) in [6.45, 7) is 4.78. The first kappa shape index (κ1) is 21.1. The third-order valence-electron chi connectivity index (χ3n) is 5.96. The summed E-state index contributed by atoms with van der Waals surface area (Å²) < 4.78 is 12.9. The second-order valence-electron chi connectivity index (χ2n) is 8.18. The number of carbonyl (C=O) groups excluding carboxylic acids is 1. The molecule has 2 aliphatic rings. The zero-order chi connectivity index (χ0) is 21.9. The van der Waals surface area contributed by atoms with Gasteiger partial charge in [-0.3, -0.25) is 18.9 Å². The van der Waals surface area contributed by atoms with Gasteiger partial charge in [0.15, 0.2) is 4.96 Å². The van der Waals surface area contributed by atoms with E-state index in [-0.39, 0.29) is 17.6 Å². The number of fused-ring (bicyclic) bond motifs is 1. The predicted molar refractivity (Wildman–Crippen MR) is 121 cm³/mol. The van der Waals surface area contributed by atoms with Crippen molar-refractivity contribution in [3.8, 4) is 5.75 Å². The maximum Gasteiger partial charge on any atom is 0.258 e. The first-order chi connectivity index (χ1) is 15.7. The molecule has 2 fully saturated rings. The predicted octanol–water partition coefficient (Wildman–Crippen LogP) is 2.27. The molecule has 2 aliphatic heterocycles. The molecule has 0 bridgehead atoms. The number of hydrogen-bond donors (Lipinski definition) is 0. The number of amides is 1. The molecule has 3 aromatic rings. The van der Waals surface area contributed by atoms with E-state index >= 15 is 0 Å². The van der Waals surface area contributed by atoms with Gasteiger partial charge in [0.1, 0.15) is 12.4 Å². The summed E-state index contributed by atoms with van der Waals surface area (Å²) in [6, 6.07) is 8.95. The fourth-order valence-electron chi connectivity index (χ4n) is 4.15. The standard InChI is InChI=1S/C23H26N4O4S/c28-21-14-18(24-23-27(21)11-13-32-23)15-25-7-9-26(10-8-25)22(29)17-3-5-19(6-4-17)31-16-20-2-1-12-30-20/h3-6,11,13-14,20H,1-2,7-10,12,15-16H2/t20-/m0/s1. The van der Waals surface area contributed by atoms with Gasteiger partial charge in [-0.05, 0) is 37.1 Å². The molecule has 2 saturated heterocycles. The Balaban J connectivity index is 1.13. The maximum absolute atomic E-state index is 12.9. The molecule has 1 atom stereocenters. The average molecular weight is 455 g/mol. The van der Waals surface area contributed by atoms with E-state index in [2.05, 4.69) is 9.88 Å². The molecule has 5 rings (SSSR count). The first-order valence-electron chi connectivity index (χ1n) is 11.0. The Bertz CT molecular complexity index is 1130. The van der Waals surface area contributed by atoms with Crippen molar-refractivity contribution in [2.75, 3.05) is 39.4 Å². The zero-order valence-corrected chi connectivity index (χ0v) is 18.6. The molecule has 0 aliphatic carbocycles. The summed E-state index contributed by atoms with van der Waals surface area (Å²) in [5.74, 6) is 0.791. The Morgan fingerprint density at radius 1 is 1.19 bits per heavy atom. The molecular formula is C23H26N4O4S. The van der Waals surface area contributed by atoms with E-state index in [4.69, 9.17) is 9.47 Å². The van der Waals surface area contributed by atoms with Gasteiger partial charge in [0.05, 0.1) is 11.8 Å². The molecule has 2 aromatic heterocycles. The highest BCUT2D eigenvalue weighted by atomic mass is 32.1. The first-order valence-corrected chi connectivity index (χ1v) is 11.9. The van der Waals surface area contributed by atoms with E-state index in [9.17, 15) is 9.59 Å². The third kappa shape index (κ3) is 4.69. The van der Waals surface area contributed by atoms with Crippen LogP contribution in [0.3, 0.4) is 0 Å². The van der Waals surface area contributed by atoms with E-state index in [0.29, 0.717) is 36.8 Å². The molecule has 4 heterocycles. The van der Waals surface area contributed by atoms with Crippen LogP contribution in [0.2, 0.25) is 0 Å². The highest BCUT2D eigenvalue weighted by molar-refractivity contribution is 7.15. The van der Waals surface area contributed by atoms with Crippen LogP contribution in [0.25, 0.3) is 4.96 Å². The average Bonchev–Trinajstić information content (AvgIpc) is 3.50. The number of piperazine rings is 1. The maximum atomic E-state index is 12.9. The SMILES string of the molecule is O=C(c1ccc(OC[C@@H]2CCCO2)cc1)N1CCN(Cc2cc(=O)n3ccsc3n2)CC1. The van der Waals surface area contributed by atoms with Crippen molar-refractivity contribution >= 4 is 22.2 Å². The van der Waals surface area contributed by atoms with Gasteiger partial charge in [0.25, 0.3) is 11.5 Å². The van der Waals surface area contributed by atoms with Gasteiger partial charge in [-0.25, -0.2) is 4.98 Å². The van der Waals surface area contributed by atoms with Crippen molar-refractivity contribution in [1.82, 2.24) is 19.2 Å². The normalized spacial score (nSPS) is 19.5. The molecule has 9 heteroatoms. The van der Waals surface area contributed by atoms with Crippen LogP contribution in [0.1, 0.15) is 28.9 Å². The minimum atomic E-state index is -0.0525. The van der Waals surface area contributed by atoms with Crippen LogP contribution >= 0.6 is 11.3 Å². The number of thiazole rings is 1. The lowest BCUT2D eigenvalue weighted by Gasteiger charge is -2.34. The molecule has 0 N–H and O–H groups in total. The minimum Gasteiger partial charge on any atom is -0.491 e. The smallest absolute Gasteiger partial charge is 0.258 e. The number of benzene rings is 1. The molecule has 0 unspecified atom stereocenters. The Morgan fingerprint density at radius 3 is 2.75 bits per heavy atom. The van der Waals surface area contributed by atoms with Crippen LogP contribution < -0.4 is 10.3 Å². The molecule has 1 aromatic carbocycles. The highest BCUT2D eigenvalue weighted by Crippen LogP contribution is 2.18. The Labute approximate surface area is 190 Å². The van der Waals surface area contributed by atoms with Gasteiger partial charge < -0.3 is 14.4 Å². The minimum absolute atomic E-state index is 0.0340. The Hall–Kier alpha value is -2.75. The van der Waals surface area contributed by atoms with Crippen molar-refractivity contribution in [3.05, 3.63) is 63.5 Å². The van der Waals surface area contributed by atoms with Crippen LogP contribution in [0.5, 0.6) is 5.75 Å². The number of hydrogen-bond acceptors (Lipinski definition) is 7. The largest absolute Gasteiger partial charge is 0.491 e. The lowest BCUT2D eigenvalue weighted by atomic mass is 10.1. The summed E-state index contributed by atoms with van der Waals surface area (Å²) in [4.78, 5) is 34.5. The Morgan fingerprint density at radius 2 is 2.00 bits per heavy atom. The lowest BCUT2D eigenvalue weighted by Crippen LogP contribution is -2.48. The van der Waals surface area contributed by atoms with Crippen molar-refractivity contribution in [2.24, 2.45) is 0 Å². The van der Waals surface area contributed by atoms with E-state index < -0.39 is 0 Å². The molecular weight excluding hydrogens is 428 g/mol. The topological polar surface area (TPSA) is 76.4 Å². The molecule has 0 spiro atoms. The summed E-state index contributed by atoms with van der Waals surface area (Å²) in [7, 11) is 0. The second-order valence-corrected chi connectivity index (χ2v) is 9.05. The summed E-state index contributed by atoms with van der Waals surface area (Å²) in [5, 5.41) is 1.86. The molecule has 0 radical (unpaired) electrons. The van der Waals surface area contributed by atoms with Crippen molar-refractivity contribution in [1.29, 1.82) is 0 Å². The number of aromatic nitrogens is 2. The summed E-state index contributed by atoms with van der Waals surface area (Å²) in [5.41, 5.74) is 1.39. The van der Waals surface area contributed by atoms with Gasteiger partial charge in [0.2, 0.25) is 0 Å². The highest BCUT2D eigenvalue weighted by Gasteiger charge is 2.23. The van der Waals surface area contributed by atoms with Gasteiger partial charge in [-0.1, -0.05) is 0 Å². The van der Waals surface area contributed by atoms with Crippen molar-refractivity contribution < 1.29 is 14.3 Å². The van der Waals surface area contributed by atoms with Crippen LogP contribution in [-0.2, 0) is 11.3 Å². The van der Waals surface area contributed by atoms with Gasteiger partial charge in [-0.2, -0.15) is 0 Å². The van der Waals surface area contributed by atoms with Crippen LogP contribution in [0.15, 0.2) is 46.7 Å². The summed E-state index contributed by atoms with van der Waals surface area (Å²) >= 11 is 1.46. The summed E-state index contributed by atoms with van der Waals surface area (Å²) in [6.07, 6.45) is 4.05. The van der Waals surface area contributed by atoms with Crippen molar-refractivity contribution in [3.63, 3.8) is 0 Å². The molecule has 0 saturated carbocycles. The number of carbonyl (C=O) groups is 1.